The van der Waals surface area contributed by atoms with Gasteiger partial charge in [0.2, 0.25) is 5.91 Å². The van der Waals surface area contributed by atoms with Crippen LogP contribution in [0.15, 0.2) is 6.33 Å². The van der Waals surface area contributed by atoms with Gasteiger partial charge in [-0.25, -0.2) is 9.50 Å². The molecule has 0 bridgehead atoms. The molecular formula is C16H23N5O2. The van der Waals surface area contributed by atoms with E-state index < -0.39 is 0 Å². The molecule has 1 aliphatic rings. The number of aromatic nitrogens is 4. The molecule has 0 saturated carbocycles. The fourth-order valence-corrected chi connectivity index (χ4v) is 3.17. The Kier molecular flexibility index (Phi) is 4.56. The van der Waals surface area contributed by atoms with Crippen molar-refractivity contribution in [1.82, 2.24) is 24.9 Å². The fourth-order valence-electron chi connectivity index (χ4n) is 3.17. The van der Waals surface area contributed by atoms with Gasteiger partial charge in [-0.3, -0.25) is 4.79 Å². The van der Waals surface area contributed by atoms with E-state index >= 15 is 0 Å². The van der Waals surface area contributed by atoms with Gasteiger partial charge in [-0.15, -0.1) is 0 Å². The maximum absolute atomic E-state index is 12.2. The number of amides is 1. The van der Waals surface area contributed by atoms with E-state index in [1.807, 2.05) is 20.8 Å². The summed E-state index contributed by atoms with van der Waals surface area (Å²) in [6.45, 7) is 6.74. The second-order valence-electron chi connectivity index (χ2n) is 6.14. The minimum atomic E-state index is 0.0467. The van der Waals surface area contributed by atoms with Crippen molar-refractivity contribution in [2.45, 2.75) is 58.6 Å². The van der Waals surface area contributed by atoms with E-state index in [1.54, 1.807) is 4.52 Å². The van der Waals surface area contributed by atoms with Gasteiger partial charge in [0.15, 0.2) is 0 Å². The van der Waals surface area contributed by atoms with Gasteiger partial charge in [-0.2, -0.15) is 10.1 Å². The summed E-state index contributed by atoms with van der Waals surface area (Å²) in [6.07, 6.45) is 4.81. The van der Waals surface area contributed by atoms with Gasteiger partial charge in [-0.05, 0) is 45.6 Å². The molecule has 0 unspecified atom stereocenters. The van der Waals surface area contributed by atoms with Gasteiger partial charge < -0.3 is 10.1 Å². The molecule has 1 fully saturated rings. The van der Waals surface area contributed by atoms with Gasteiger partial charge in [0.1, 0.15) is 6.33 Å². The lowest BCUT2D eigenvalue weighted by molar-refractivity contribution is -0.122. The van der Waals surface area contributed by atoms with E-state index in [0.29, 0.717) is 18.6 Å². The Hall–Kier alpha value is -2.02. The predicted molar refractivity (Wildman–Crippen MR) is 85.2 cm³/mol. The highest BCUT2D eigenvalue weighted by molar-refractivity contribution is 5.76. The van der Waals surface area contributed by atoms with Crippen LogP contribution in [-0.4, -0.2) is 44.2 Å². The summed E-state index contributed by atoms with van der Waals surface area (Å²) in [7, 11) is 0. The molecule has 0 aromatic carbocycles. The van der Waals surface area contributed by atoms with Crippen molar-refractivity contribution >= 4 is 11.7 Å². The van der Waals surface area contributed by atoms with Gasteiger partial charge in [0.25, 0.3) is 5.78 Å². The molecule has 0 radical (unpaired) electrons. The molecule has 0 spiro atoms. The molecule has 3 rings (SSSR count). The van der Waals surface area contributed by atoms with Crippen molar-refractivity contribution in [2.24, 2.45) is 0 Å². The van der Waals surface area contributed by atoms with Crippen LogP contribution in [0.4, 0.5) is 0 Å². The zero-order chi connectivity index (χ0) is 16.4. The van der Waals surface area contributed by atoms with Crippen molar-refractivity contribution in [3.63, 3.8) is 0 Å². The number of carbonyl (C=O) groups excluding carboxylic acids is 1. The molecule has 1 amide bonds. The minimum Gasteiger partial charge on any atom is -0.376 e. The van der Waals surface area contributed by atoms with Crippen molar-refractivity contribution in [3.05, 3.63) is 23.3 Å². The number of carbonyl (C=O) groups is 1. The van der Waals surface area contributed by atoms with Crippen LogP contribution in [0, 0.1) is 13.8 Å². The number of hydrogen-bond acceptors (Lipinski definition) is 5. The smallest absolute Gasteiger partial charge is 0.252 e. The molecule has 1 aliphatic heterocycles. The summed E-state index contributed by atoms with van der Waals surface area (Å²) in [4.78, 5) is 20.7. The molecule has 2 aromatic heterocycles. The van der Waals surface area contributed by atoms with E-state index in [0.717, 1.165) is 36.4 Å². The lowest BCUT2D eigenvalue weighted by Gasteiger charge is -2.20. The summed E-state index contributed by atoms with van der Waals surface area (Å²) >= 11 is 0. The standard InChI is InChI=1S/C16H23N5O2/c1-10-13(12(3)21-16(20-10)17-9-18-21)6-7-15(22)19-11(2)14-5-4-8-23-14/h9,11,14H,4-8H2,1-3H3,(H,19,22)/t11-,14-/m0/s1. The summed E-state index contributed by atoms with van der Waals surface area (Å²) in [5, 5.41) is 7.22. The molecule has 0 aliphatic carbocycles. The Morgan fingerprint density at radius 1 is 1.52 bits per heavy atom. The Bertz CT molecular complexity index is 706. The maximum Gasteiger partial charge on any atom is 0.252 e. The number of nitrogens with zero attached hydrogens (tertiary/aromatic N) is 4. The Balaban J connectivity index is 1.62. The van der Waals surface area contributed by atoms with E-state index in [2.05, 4.69) is 20.4 Å². The Labute approximate surface area is 135 Å². The minimum absolute atomic E-state index is 0.0467. The molecule has 1 N–H and O–H groups in total. The highest BCUT2D eigenvalue weighted by atomic mass is 16.5. The molecule has 1 saturated heterocycles. The number of nitrogens with one attached hydrogen (secondary N) is 1. The first kappa shape index (κ1) is 15.9. The molecule has 7 nitrogen and oxygen atoms in total. The van der Waals surface area contributed by atoms with E-state index in [1.165, 1.54) is 6.33 Å². The van der Waals surface area contributed by atoms with Crippen LogP contribution in [0.2, 0.25) is 0 Å². The SMILES string of the molecule is Cc1nc2ncnn2c(C)c1CCC(=O)N[C@@H](C)[C@@H]1CCCO1. The largest absolute Gasteiger partial charge is 0.376 e. The zero-order valence-electron chi connectivity index (χ0n) is 13.9. The lowest BCUT2D eigenvalue weighted by atomic mass is 10.1. The van der Waals surface area contributed by atoms with Crippen LogP contribution in [0.1, 0.15) is 43.1 Å². The van der Waals surface area contributed by atoms with E-state index in [9.17, 15) is 4.79 Å². The summed E-state index contributed by atoms with van der Waals surface area (Å²) in [5.74, 6) is 0.644. The fraction of sp³-hybridized carbons (Fsp3) is 0.625. The normalized spacial score (nSPS) is 19.2. The van der Waals surface area contributed by atoms with Crippen LogP contribution < -0.4 is 5.32 Å². The predicted octanol–water partition coefficient (Wildman–Crippen LogP) is 1.36. The van der Waals surface area contributed by atoms with Crippen molar-refractivity contribution < 1.29 is 9.53 Å². The number of rotatable bonds is 5. The molecule has 23 heavy (non-hydrogen) atoms. The molecule has 124 valence electrons. The summed E-state index contributed by atoms with van der Waals surface area (Å²) < 4.78 is 7.33. The lowest BCUT2D eigenvalue weighted by Crippen LogP contribution is -2.40. The monoisotopic (exact) mass is 317 g/mol. The first-order chi connectivity index (χ1) is 11.1. The van der Waals surface area contributed by atoms with Crippen LogP contribution in [-0.2, 0) is 16.0 Å². The molecular weight excluding hydrogens is 294 g/mol. The second-order valence-corrected chi connectivity index (χ2v) is 6.14. The van der Waals surface area contributed by atoms with Crippen LogP contribution in [0.3, 0.4) is 0 Å². The van der Waals surface area contributed by atoms with Crippen LogP contribution in [0.25, 0.3) is 5.78 Å². The first-order valence-corrected chi connectivity index (χ1v) is 8.13. The molecule has 2 atom stereocenters. The third-order valence-electron chi connectivity index (χ3n) is 4.50. The second kappa shape index (κ2) is 6.62. The topological polar surface area (TPSA) is 81.4 Å². The van der Waals surface area contributed by atoms with Crippen LogP contribution >= 0.6 is 0 Å². The third kappa shape index (κ3) is 3.34. The van der Waals surface area contributed by atoms with Gasteiger partial charge >= 0.3 is 0 Å². The van der Waals surface area contributed by atoms with E-state index in [-0.39, 0.29) is 18.1 Å². The molecule has 2 aromatic rings. The average molecular weight is 317 g/mol. The first-order valence-electron chi connectivity index (χ1n) is 8.13. The van der Waals surface area contributed by atoms with Crippen molar-refractivity contribution in [1.29, 1.82) is 0 Å². The third-order valence-corrected chi connectivity index (χ3v) is 4.50. The van der Waals surface area contributed by atoms with Crippen molar-refractivity contribution in [3.8, 4) is 0 Å². The van der Waals surface area contributed by atoms with E-state index in [4.69, 9.17) is 4.74 Å². The van der Waals surface area contributed by atoms with Gasteiger partial charge in [0.05, 0.1) is 12.1 Å². The maximum atomic E-state index is 12.2. The molecule has 7 heteroatoms. The average Bonchev–Trinajstić information content (AvgIpc) is 3.18. The number of hydrogen-bond donors (Lipinski definition) is 1. The van der Waals surface area contributed by atoms with Crippen LogP contribution in [0.5, 0.6) is 0 Å². The zero-order valence-corrected chi connectivity index (χ0v) is 13.9. The number of aryl methyl sites for hydroxylation is 2. The molecule has 3 heterocycles. The number of fused-ring (bicyclic) bond motifs is 1. The van der Waals surface area contributed by atoms with Gasteiger partial charge in [0, 0.05) is 24.4 Å². The number of ether oxygens (including phenoxy) is 1. The summed E-state index contributed by atoms with van der Waals surface area (Å²) in [5.41, 5.74) is 2.95. The Morgan fingerprint density at radius 3 is 3.09 bits per heavy atom. The Morgan fingerprint density at radius 2 is 2.35 bits per heavy atom. The highest BCUT2D eigenvalue weighted by Gasteiger charge is 2.23. The van der Waals surface area contributed by atoms with Gasteiger partial charge in [-0.1, -0.05) is 0 Å². The highest BCUT2D eigenvalue weighted by Crippen LogP contribution is 2.17. The quantitative estimate of drug-likeness (QED) is 0.900. The van der Waals surface area contributed by atoms with Crippen molar-refractivity contribution in [2.75, 3.05) is 6.61 Å². The summed E-state index contributed by atoms with van der Waals surface area (Å²) in [6, 6.07) is 0.0584.